The van der Waals surface area contributed by atoms with E-state index in [1.54, 1.807) is 0 Å². The number of rotatable bonds is 4. The first-order valence-electron chi connectivity index (χ1n) is 8.79. The normalized spacial score (nSPS) is 16.8. The van der Waals surface area contributed by atoms with Crippen molar-refractivity contribution in [3.8, 4) is 0 Å². The zero-order valence-electron chi connectivity index (χ0n) is 14.2. The molecule has 1 amide bonds. The third kappa shape index (κ3) is 3.64. The van der Waals surface area contributed by atoms with Crippen LogP contribution < -0.4 is 4.90 Å². The summed E-state index contributed by atoms with van der Waals surface area (Å²) >= 11 is 0. The molecule has 0 aliphatic carbocycles. The predicted octanol–water partition coefficient (Wildman–Crippen LogP) is 1.79. The van der Waals surface area contributed by atoms with E-state index < -0.39 is 0 Å². The Morgan fingerprint density at radius 3 is 2.72 bits per heavy atom. The van der Waals surface area contributed by atoms with E-state index in [2.05, 4.69) is 22.0 Å². The average Bonchev–Trinajstić information content (AvgIpc) is 3.11. The van der Waals surface area contributed by atoms with Crippen LogP contribution in [-0.2, 0) is 29.0 Å². The average molecular weight is 338 g/mol. The quantitative estimate of drug-likeness (QED) is 0.851. The molecule has 0 saturated carbocycles. The Labute approximate surface area is 147 Å². The molecule has 2 aliphatic rings. The first-order chi connectivity index (χ1) is 12.3. The van der Waals surface area contributed by atoms with Crippen LogP contribution >= 0.6 is 0 Å². The van der Waals surface area contributed by atoms with E-state index in [-0.39, 0.29) is 5.91 Å². The Bertz CT molecular complexity index is 744. The first kappa shape index (κ1) is 16.0. The van der Waals surface area contributed by atoms with E-state index in [4.69, 9.17) is 9.72 Å². The van der Waals surface area contributed by atoms with Crippen molar-refractivity contribution in [1.82, 2.24) is 14.9 Å². The molecule has 0 bridgehead atoms. The summed E-state index contributed by atoms with van der Waals surface area (Å²) in [5.74, 6) is 0.926. The Hall–Kier alpha value is -2.47. The van der Waals surface area contributed by atoms with Crippen molar-refractivity contribution in [1.29, 1.82) is 0 Å². The van der Waals surface area contributed by atoms with Gasteiger partial charge in [-0.2, -0.15) is 0 Å². The maximum Gasteiger partial charge on any atom is 0.225 e. The van der Waals surface area contributed by atoms with Gasteiger partial charge in [-0.25, -0.2) is 9.97 Å². The molecule has 25 heavy (non-hydrogen) atoms. The van der Waals surface area contributed by atoms with Gasteiger partial charge >= 0.3 is 0 Å². The van der Waals surface area contributed by atoms with Crippen LogP contribution in [0.5, 0.6) is 0 Å². The molecule has 0 N–H and O–H groups in total. The van der Waals surface area contributed by atoms with Gasteiger partial charge in [-0.1, -0.05) is 30.3 Å². The number of aromatic nitrogens is 2. The van der Waals surface area contributed by atoms with Gasteiger partial charge in [-0.05, 0) is 12.0 Å². The summed E-state index contributed by atoms with van der Waals surface area (Å²) in [5.41, 5.74) is 3.23. The molecule has 1 fully saturated rings. The number of benzene rings is 1. The minimum atomic E-state index is 0.176. The van der Waals surface area contributed by atoms with Crippen molar-refractivity contribution in [2.45, 2.75) is 25.9 Å². The lowest BCUT2D eigenvalue weighted by atomic mass is 10.1. The highest BCUT2D eigenvalue weighted by Gasteiger charge is 2.26. The summed E-state index contributed by atoms with van der Waals surface area (Å²) < 4.78 is 5.38. The smallest absolute Gasteiger partial charge is 0.225 e. The molecular weight excluding hydrogens is 316 g/mol. The van der Waals surface area contributed by atoms with Crippen LogP contribution in [0.3, 0.4) is 0 Å². The fourth-order valence-electron chi connectivity index (χ4n) is 3.29. The molecule has 0 radical (unpaired) electrons. The predicted molar refractivity (Wildman–Crippen MR) is 94.1 cm³/mol. The molecule has 3 heterocycles. The molecule has 0 unspecified atom stereocenters. The second-order valence-electron chi connectivity index (χ2n) is 6.48. The highest BCUT2D eigenvalue weighted by atomic mass is 16.5. The maximum atomic E-state index is 12.5. The second-order valence-corrected chi connectivity index (χ2v) is 6.48. The number of amides is 1. The van der Waals surface area contributed by atoms with Crippen LogP contribution in [-0.4, -0.2) is 47.1 Å². The van der Waals surface area contributed by atoms with Crippen LogP contribution in [0.2, 0.25) is 0 Å². The van der Waals surface area contributed by atoms with Gasteiger partial charge in [-0.3, -0.25) is 4.79 Å². The van der Waals surface area contributed by atoms with Crippen molar-refractivity contribution >= 4 is 11.9 Å². The van der Waals surface area contributed by atoms with Crippen LogP contribution in [0.15, 0.2) is 36.5 Å². The van der Waals surface area contributed by atoms with Gasteiger partial charge in [0.2, 0.25) is 11.9 Å². The molecule has 4 rings (SSSR count). The highest BCUT2D eigenvalue weighted by Crippen LogP contribution is 2.23. The Morgan fingerprint density at radius 2 is 1.92 bits per heavy atom. The van der Waals surface area contributed by atoms with E-state index in [1.165, 1.54) is 5.56 Å². The Morgan fingerprint density at radius 1 is 1.12 bits per heavy atom. The minimum absolute atomic E-state index is 0.176. The van der Waals surface area contributed by atoms with E-state index in [0.717, 1.165) is 36.7 Å². The number of aryl methyl sites for hydroxylation is 1. The SMILES string of the molecule is O=C(CCc1ccccc1)N1Cc2cnc(N3CCOCC3)nc2C1. The van der Waals surface area contributed by atoms with Gasteiger partial charge < -0.3 is 14.5 Å². The van der Waals surface area contributed by atoms with Crippen molar-refractivity contribution < 1.29 is 9.53 Å². The Kier molecular flexibility index (Phi) is 4.61. The van der Waals surface area contributed by atoms with E-state index in [1.807, 2.05) is 29.3 Å². The number of anilines is 1. The maximum absolute atomic E-state index is 12.5. The number of fused-ring (bicyclic) bond motifs is 1. The number of hydrogen-bond acceptors (Lipinski definition) is 5. The lowest BCUT2D eigenvalue weighted by molar-refractivity contribution is -0.131. The molecule has 6 nitrogen and oxygen atoms in total. The van der Waals surface area contributed by atoms with E-state index in [9.17, 15) is 4.79 Å². The third-order valence-corrected chi connectivity index (χ3v) is 4.76. The summed E-state index contributed by atoms with van der Waals surface area (Å²) in [6.45, 7) is 4.27. The lowest BCUT2D eigenvalue weighted by Gasteiger charge is -2.26. The molecule has 1 saturated heterocycles. The van der Waals surface area contributed by atoms with Gasteiger partial charge in [0, 0.05) is 37.8 Å². The molecule has 1 aromatic carbocycles. The number of carbonyl (C=O) groups excluding carboxylic acids is 1. The third-order valence-electron chi connectivity index (χ3n) is 4.76. The minimum Gasteiger partial charge on any atom is -0.378 e. The fourth-order valence-corrected chi connectivity index (χ4v) is 3.29. The molecule has 2 aliphatic heterocycles. The summed E-state index contributed by atoms with van der Waals surface area (Å²) in [7, 11) is 0. The summed E-state index contributed by atoms with van der Waals surface area (Å²) in [6, 6.07) is 10.1. The van der Waals surface area contributed by atoms with Crippen LogP contribution in [0, 0.1) is 0 Å². The fraction of sp³-hybridized carbons (Fsp3) is 0.421. The van der Waals surface area contributed by atoms with Crippen molar-refractivity contribution in [3.05, 3.63) is 53.3 Å². The van der Waals surface area contributed by atoms with Crippen LogP contribution in [0.4, 0.5) is 5.95 Å². The zero-order chi connectivity index (χ0) is 17.1. The van der Waals surface area contributed by atoms with Crippen LogP contribution in [0.25, 0.3) is 0 Å². The molecule has 6 heteroatoms. The number of nitrogens with zero attached hydrogens (tertiary/aromatic N) is 4. The molecule has 0 spiro atoms. The van der Waals surface area contributed by atoms with Gasteiger partial charge in [-0.15, -0.1) is 0 Å². The zero-order valence-corrected chi connectivity index (χ0v) is 14.2. The standard InChI is InChI=1S/C19H22N4O2/c24-18(7-6-15-4-2-1-3-5-15)23-13-16-12-20-19(21-17(16)14-23)22-8-10-25-11-9-22/h1-5,12H,6-11,13-14H2. The summed E-state index contributed by atoms with van der Waals surface area (Å²) in [5, 5.41) is 0. The molecule has 1 aromatic heterocycles. The number of morpholine rings is 1. The molecule has 2 aromatic rings. The number of carbonyl (C=O) groups is 1. The second kappa shape index (κ2) is 7.19. The van der Waals surface area contributed by atoms with Gasteiger partial charge in [0.05, 0.1) is 25.5 Å². The monoisotopic (exact) mass is 338 g/mol. The van der Waals surface area contributed by atoms with Crippen molar-refractivity contribution in [2.24, 2.45) is 0 Å². The Balaban J connectivity index is 1.38. The van der Waals surface area contributed by atoms with Gasteiger partial charge in [0.1, 0.15) is 0 Å². The van der Waals surface area contributed by atoms with Gasteiger partial charge in [0.25, 0.3) is 0 Å². The number of hydrogen-bond donors (Lipinski definition) is 0. The largest absolute Gasteiger partial charge is 0.378 e. The van der Waals surface area contributed by atoms with E-state index in [0.29, 0.717) is 32.7 Å². The molecule has 0 atom stereocenters. The molecular formula is C19H22N4O2. The van der Waals surface area contributed by atoms with Gasteiger partial charge in [0.15, 0.2) is 0 Å². The van der Waals surface area contributed by atoms with E-state index >= 15 is 0 Å². The lowest BCUT2D eigenvalue weighted by Crippen LogP contribution is -2.37. The first-order valence-corrected chi connectivity index (χ1v) is 8.79. The summed E-state index contributed by atoms with van der Waals surface area (Å²) in [4.78, 5) is 25.7. The number of ether oxygens (including phenoxy) is 1. The highest BCUT2D eigenvalue weighted by molar-refractivity contribution is 5.77. The summed E-state index contributed by atoms with van der Waals surface area (Å²) in [6.07, 6.45) is 3.18. The molecule has 130 valence electrons. The van der Waals surface area contributed by atoms with Crippen LogP contribution in [0.1, 0.15) is 23.2 Å². The van der Waals surface area contributed by atoms with Crippen molar-refractivity contribution in [2.75, 3.05) is 31.2 Å². The van der Waals surface area contributed by atoms with Crippen molar-refractivity contribution in [3.63, 3.8) is 0 Å². The topological polar surface area (TPSA) is 58.6 Å².